The minimum Gasteiger partial charge on any atom is -0.302 e. The molecule has 0 aliphatic rings. The van der Waals surface area contributed by atoms with E-state index >= 15 is 0 Å². The number of benzene rings is 3. The standard InChI is InChI=1S/C22H17FN2OS2/c23-16-8-10-17(11-9-16)27-13-12-21(26)25-22-24-20(14-28-22)19-7-3-5-15-4-1-2-6-18(15)19/h1-11,14H,12-13H2,(H,24,25,26). The zero-order chi connectivity index (χ0) is 19.3. The van der Waals surface area contributed by atoms with Crippen molar-refractivity contribution in [2.45, 2.75) is 11.3 Å². The molecule has 0 unspecified atom stereocenters. The van der Waals surface area contributed by atoms with Gasteiger partial charge in [-0.25, -0.2) is 9.37 Å². The van der Waals surface area contributed by atoms with Crippen molar-refractivity contribution < 1.29 is 9.18 Å². The summed E-state index contributed by atoms with van der Waals surface area (Å²) in [6.45, 7) is 0. The van der Waals surface area contributed by atoms with E-state index in [2.05, 4.69) is 28.5 Å². The summed E-state index contributed by atoms with van der Waals surface area (Å²) < 4.78 is 12.9. The van der Waals surface area contributed by atoms with Crippen LogP contribution in [0.5, 0.6) is 0 Å². The van der Waals surface area contributed by atoms with Gasteiger partial charge in [0.25, 0.3) is 0 Å². The van der Waals surface area contributed by atoms with Crippen LogP contribution in [0.2, 0.25) is 0 Å². The zero-order valence-corrected chi connectivity index (χ0v) is 16.5. The molecular formula is C22H17FN2OS2. The van der Waals surface area contributed by atoms with Gasteiger partial charge in [0, 0.05) is 28.0 Å². The summed E-state index contributed by atoms with van der Waals surface area (Å²) in [6.07, 6.45) is 0.366. The number of halogens is 1. The molecule has 4 aromatic rings. The number of carbonyl (C=O) groups is 1. The largest absolute Gasteiger partial charge is 0.302 e. The normalized spacial score (nSPS) is 10.9. The lowest BCUT2D eigenvalue weighted by Crippen LogP contribution is -2.11. The van der Waals surface area contributed by atoms with Crippen LogP contribution in [0.1, 0.15) is 6.42 Å². The number of aromatic nitrogens is 1. The Hall–Kier alpha value is -2.70. The van der Waals surface area contributed by atoms with E-state index in [1.165, 1.54) is 35.2 Å². The third-order valence-corrected chi connectivity index (χ3v) is 6.00. The molecule has 0 atom stereocenters. The lowest BCUT2D eigenvalue weighted by Gasteiger charge is -2.04. The fourth-order valence-corrected chi connectivity index (χ4v) is 4.46. The SMILES string of the molecule is O=C(CCSc1ccc(F)cc1)Nc1nc(-c2cccc3ccccc23)cs1. The van der Waals surface area contributed by atoms with E-state index in [0.717, 1.165) is 26.9 Å². The first-order valence-electron chi connectivity index (χ1n) is 8.81. The van der Waals surface area contributed by atoms with Crippen molar-refractivity contribution in [2.75, 3.05) is 11.1 Å². The quantitative estimate of drug-likeness (QED) is 0.385. The zero-order valence-electron chi connectivity index (χ0n) is 14.9. The highest BCUT2D eigenvalue weighted by Crippen LogP contribution is 2.31. The van der Waals surface area contributed by atoms with Crippen LogP contribution in [0.3, 0.4) is 0 Å². The molecule has 0 aliphatic heterocycles. The fraction of sp³-hybridized carbons (Fsp3) is 0.0909. The predicted molar refractivity (Wildman–Crippen MR) is 115 cm³/mol. The van der Waals surface area contributed by atoms with Crippen molar-refractivity contribution >= 4 is 44.9 Å². The summed E-state index contributed by atoms with van der Waals surface area (Å²) in [6, 6.07) is 20.6. The Morgan fingerprint density at radius 2 is 1.82 bits per heavy atom. The van der Waals surface area contributed by atoms with Gasteiger partial charge in [0.2, 0.25) is 5.91 Å². The van der Waals surface area contributed by atoms with Crippen molar-refractivity contribution in [2.24, 2.45) is 0 Å². The molecule has 0 aliphatic carbocycles. The van der Waals surface area contributed by atoms with Crippen molar-refractivity contribution in [3.05, 3.63) is 77.9 Å². The second kappa shape index (κ2) is 8.54. The Balaban J connectivity index is 1.37. The highest BCUT2D eigenvalue weighted by Gasteiger charge is 2.10. The van der Waals surface area contributed by atoms with Crippen LogP contribution in [0.4, 0.5) is 9.52 Å². The molecule has 28 heavy (non-hydrogen) atoms. The van der Waals surface area contributed by atoms with Crippen LogP contribution in [0, 0.1) is 5.82 Å². The molecule has 3 nitrogen and oxygen atoms in total. The minimum atomic E-state index is -0.257. The van der Waals surface area contributed by atoms with Crippen molar-refractivity contribution in [1.82, 2.24) is 4.98 Å². The van der Waals surface area contributed by atoms with Crippen LogP contribution < -0.4 is 5.32 Å². The van der Waals surface area contributed by atoms with E-state index in [9.17, 15) is 9.18 Å². The average molecular weight is 409 g/mol. The number of thiazole rings is 1. The van der Waals surface area contributed by atoms with E-state index in [1.54, 1.807) is 12.1 Å². The Kier molecular flexibility index (Phi) is 5.69. The van der Waals surface area contributed by atoms with Crippen molar-refractivity contribution in [1.29, 1.82) is 0 Å². The van der Waals surface area contributed by atoms with Crippen LogP contribution >= 0.6 is 23.1 Å². The Morgan fingerprint density at radius 1 is 1.04 bits per heavy atom. The van der Waals surface area contributed by atoms with Crippen molar-refractivity contribution in [3.8, 4) is 11.3 Å². The second-order valence-electron chi connectivity index (χ2n) is 6.17. The lowest BCUT2D eigenvalue weighted by molar-refractivity contribution is -0.115. The van der Waals surface area contributed by atoms with E-state index in [1.807, 2.05) is 29.6 Å². The summed E-state index contributed by atoms with van der Waals surface area (Å²) in [7, 11) is 0. The smallest absolute Gasteiger partial charge is 0.226 e. The average Bonchev–Trinajstić information content (AvgIpc) is 3.17. The van der Waals surface area contributed by atoms with Gasteiger partial charge < -0.3 is 5.32 Å². The Labute approximate surface area is 170 Å². The number of hydrogen-bond donors (Lipinski definition) is 1. The van der Waals surface area contributed by atoms with Gasteiger partial charge in [-0.3, -0.25) is 4.79 Å². The molecule has 140 valence electrons. The van der Waals surface area contributed by atoms with Crippen LogP contribution in [0.25, 0.3) is 22.0 Å². The van der Waals surface area contributed by atoms with Gasteiger partial charge >= 0.3 is 0 Å². The maximum absolute atomic E-state index is 12.9. The molecule has 1 N–H and O–H groups in total. The number of nitrogens with zero attached hydrogens (tertiary/aromatic N) is 1. The Morgan fingerprint density at radius 3 is 2.68 bits per heavy atom. The molecular weight excluding hydrogens is 391 g/mol. The van der Waals surface area contributed by atoms with E-state index in [-0.39, 0.29) is 11.7 Å². The minimum absolute atomic E-state index is 0.0755. The summed E-state index contributed by atoms with van der Waals surface area (Å²) in [5.74, 6) is 0.292. The number of anilines is 1. The molecule has 0 spiro atoms. The number of hydrogen-bond acceptors (Lipinski definition) is 4. The number of rotatable bonds is 6. The summed E-state index contributed by atoms with van der Waals surface area (Å²) in [5, 5.41) is 7.74. The first kappa shape index (κ1) is 18.7. The maximum Gasteiger partial charge on any atom is 0.226 e. The molecule has 0 bridgehead atoms. The van der Waals surface area contributed by atoms with Gasteiger partial charge in [-0.15, -0.1) is 23.1 Å². The fourth-order valence-electron chi connectivity index (χ4n) is 2.88. The molecule has 1 heterocycles. The molecule has 1 aromatic heterocycles. The highest BCUT2D eigenvalue weighted by molar-refractivity contribution is 7.99. The van der Waals surface area contributed by atoms with Crippen LogP contribution in [0.15, 0.2) is 77.0 Å². The third-order valence-electron chi connectivity index (χ3n) is 4.23. The second-order valence-corrected chi connectivity index (χ2v) is 8.19. The van der Waals surface area contributed by atoms with Crippen molar-refractivity contribution in [3.63, 3.8) is 0 Å². The number of fused-ring (bicyclic) bond motifs is 1. The van der Waals surface area contributed by atoms with Gasteiger partial charge in [-0.2, -0.15) is 0 Å². The van der Waals surface area contributed by atoms with Gasteiger partial charge in [0.05, 0.1) is 5.69 Å². The number of carbonyl (C=O) groups excluding carboxylic acids is 1. The molecule has 6 heteroatoms. The molecule has 0 radical (unpaired) electrons. The van der Waals surface area contributed by atoms with E-state index in [0.29, 0.717) is 17.3 Å². The van der Waals surface area contributed by atoms with Crippen LogP contribution in [-0.2, 0) is 4.79 Å². The monoisotopic (exact) mass is 408 g/mol. The maximum atomic E-state index is 12.9. The summed E-state index contributed by atoms with van der Waals surface area (Å²) in [5.41, 5.74) is 1.92. The topological polar surface area (TPSA) is 42.0 Å². The Bertz CT molecular complexity index is 1100. The van der Waals surface area contributed by atoms with Gasteiger partial charge in [-0.1, -0.05) is 42.5 Å². The first-order chi connectivity index (χ1) is 13.7. The molecule has 1 amide bonds. The molecule has 4 rings (SSSR count). The highest BCUT2D eigenvalue weighted by atomic mass is 32.2. The molecule has 0 saturated carbocycles. The third kappa shape index (κ3) is 4.40. The molecule has 0 fully saturated rings. The first-order valence-corrected chi connectivity index (χ1v) is 10.7. The van der Waals surface area contributed by atoms with E-state index in [4.69, 9.17) is 0 Å². The van der Waals surface area contributed by atoms with Gasteiger partial charge in [0.15, 0.2) is 5.13 Å². The predicted octanol–water partition coefficient (Wildman–Crippen LogP) is 6.22. The molecule has 0 saturated heterocycles. The number of amides is 1. The van der Waals surface area contributed by atoms with E-state index < -0.39 is 0 Å². The van der Waals surface area contributed by atoms with Gasteiger partial charge in [0.1, 0.15) is 5.82 Å². The summed E-state index contributed by atoms with van der Waals surface area (Å²) >= 11 is 2.95. The summed E-state index contributed by atoms with van der Waals surface area (Å²) in [4.78, 5) is 17.7. The van der Waals surface area contributed by atoms with Crippen LogP contribution in [-0.4, -0.2) is 16.6 Å². The number of thioether (sulfide) groups is 1. The number of nitrogens with one attached hydrogen (secondary N) is 1. The molecule has 3 aromatic carbocycles. The van der Waals surface area contributed by atoms with Gasteiger partial charge in [-0.05, 0) is 35.0 Å². The lowest BCUT2D eigenvalue weighted by atomic mass is 10.0.